The molecule has 2 aromatic heterocycles. The summed E-state index contributed by atoms with van der Waals surface area (Å²) in [5.74, 6) is 8.51. The minimum atomic E-state index is -0.313. The van der Waals surface area contributed by atoms with Gasteiger partial charge in [-0.3, -0.25) is 4.57 Å². The van der Waals surface area contributed by atoms with Crippen LogP contribution in [0, 0.1) is 17.8 Å². The second-order valence-corrected chi connectivity index (χ2v) is 8.25. The molecule has 0 radical (unpaired) electrons. The Hall–Kier alpha value is -3.79. The zero-order chi connectivity index (χ0) is 21.5. The highest BCUT2D eigenvalue weighted by Crippen LogP contribution is 2.32. The number of hydrogen-bond acceptors (Lipinski definition) is 6. The predicted octanol–water partition coefficient (Wildman–Crippen LogP) is 2.84. The average molecular weight is 427 g/mol. The molecule has 7 heteroatoms. The van der Waals surface area contributed by atoms with Crippen LogP contribution in [-0.2, 0) is 13.0 Å². The van der Waals surface area contributed by atoms with Gasteiger partial charge in [0.2, 0.25) is 5.88 Å². The van der Waals surface area contributed by atoms with Gasteiger partial charge in [-0.05, 0) is 49.1 Å². The van der Waals surface area contributed by atoms with Gasteiger partial charge in [0.1, 0.15) is 13.2 Å². The van der Waals surface area contributed by atoms with E-state index in [2.05, 4.69) is 27.9 Å². The van der Waals surface area contributed by atoms with Crippen molar-refractivity contribution < 1.29 is 14.2 Å². The van der Waals surface area contributed by atoms with Crippen LogP contribution < -0.4 is 19.9 Å². The van der Waals surface area contributed by atoms with Crippen molar-refractivity contribution in [3.63, 3.8) is 0 Å². The molecule has 2 aliphatic heterocycles. The summed E-state index contributed by atoms with van der Waals surface area (Å²) < 4.78 is 19.0. The van der Waals surface area contributed by atoms with Crippen molar-refractivity contribution in [3.05, 3.63) is 64.2 Å². The molecule has 1 aliphatic carbocycles. The summed E-state index contributed by atoms with van der Waals surface area (Å²) in [6, 6.07) is 11.6. The second-order valence-electron chi connectivity index (χ2n) is 8.25. The molecule has 0 saturated heterocycles. The molecular weight excluding hydrogens is 406 g/mol. The maximum absolute atomic E-state index is 12.6. The molecule has 160 valence electrons. The number of pyridine rings is 1. The third kappa shape index (κ3) is 3.69. The lowest BCUT2D eigenvalue weighted by atomic mass is 9.95. The fraction of sp³-hybridized carbons (Fsp3) is 0.320. The van der Waals surface area contributed by atoms with Gasteiger partial charge in [0.05, 0.1) is 5.69 Å². The molecule has 1 atom stereocenters. The lowest BCUT2D eigenvalue weighted by molar-refractivity contribution is 0.0486. The first-order valence-electron chi connectivity index (χ1n) is 10.9. The molecule has 0 amide bonds. The molecule has 1 saturated carbocycles. The molecule has 1 unspecified atom stereocenters. The van der Waals surface area contributed by atoms with Gasteiger partial charge in [-0.15, -0.1) is 0 Å². The highest BCUT2D eigenvalue weighted by Gasteiger charge is 2.24. The Bertz CT molecular complexity index is 1320. The Morgan fingerprint density at radius 2 is 2.16 bits per heavy atom. The van der Waals surface area contributed by atoms with Crippen LogP contribution in [0.25, 0.3) is 11.3 Å². The average Bonchev–Trinajstić information content (AvgIpc) is 3.65. The fourth-order valence-corrected chi connectivity index (χ4v) is 3.99. The van der Waals surface area contributed by atoms with Crippen LogP contribution in [0.3, 0.4) is 0 Å². The molecule has 3 aliphatic rings. The van der Waals surface area contributed by atoms with Crippen molar-refractivity contribution in [2.75, 3.05) is 13.2 Å². The summed E-state index contributed by atoms with van der Waals surface area (Å²) in [4.78, 5) is 20.9. The SMILES string of the molecule is O=c1nc(OCC2COc3ncccc3O2)cc2n1CCc1cc(C#CC3CC3)ccc1-2. The molecular formula is C25H21N3O4. The van der Waals surface area contributed by atoms with Crippen LogP contribution in [0.4, 0.5) is 0 Å². The summed E-state index contributed by atoms with van der Waals surface area (Å²) in [6.45, 7) is 1.13. The van der Waals surface area contributed by atoms with Crippen LogP contribution >= 0.6 is 0 Å². The Morgan fingerprint density at radius 1 is 1.22 bits per heavy atom. The van der Waals surface area contributed by atoms with Gasteiger partial charge in [-0.2, -0.15) is 4.98 Å². The lowest BCUT2D eigenvalue weighted by Crippen LogP contribution is -2.35. The predicted molar refractivity (Wildman–Crippen MR) is 117 cm³/mol. The largest absolute Gasteiger partial charge is 0.478 e. The molecule has 6 rings (SSSR count). The van der Waals surface area contributed by atoms with E-state index in [-0.39, 0.29) is 24.3 Å². The van der Waals surface area contributed by atoms with Gasteiger partial charge in [0, 0.05) is 35.9 Å². The van der Waals surface area contributed by atoms with Crippen molar-refractivity contribution in [1.29, 1.82) is 0 Å². The molecule has 1 fully saturated rings. The minimum Gasteiger partial charge on any atom is -0.478 e. The molecule has 3 aromatic rings. The topological polar surface area (TPSA) is 75.5 Å². The molecule has 0 bridgehead atoms. The Labute approximate surface area is 185 Å². The third-order valence-electron chi connectivity index (χ3n) is 5.82. The van der Waals surface area contributed by atoms with Gasteiger partial charge < -0.3 is 14.2 Å². The quantitative estimate of drug-likeness (QED) is 0.599. The first-order chi connectivity index (χ1) is 15.7. The Kier molecular flexibility index (Phi) is 4.57. The van der Waals surface area contributed by atoms with Crippen LogP contribution in [0.15, 0.2) is 47.4 Å². The number of nitrogens with zero attached hydrogens (tertiary/aromatic N) is 3. The number of aryl methyl sites for hydroxylation is 1. The minimum absolute atomic E-state index is 0.215. The Balaban J connectivity index is 1.22. The number of fused-ring (bicyclic) bond motifs is 4. The molecule has 1 aromatic carbocycles. The van der Waals surface area contributed by atoms with Gasteiger partial charge in [0.25, 0.3) is 5.88 Å². The van der Waals surface area contributed by atoms with Crippen LogP contribution in [0.5, 0.6) is 17.5 Å². The van der Waals surface area contributed by atoms with Crippen molar-refractivity contribution >= 4 is 0 Å². The summed E-state index contributed by atoms with van der Waals surface area (Å²) in [5.41, 5.74) is 3.75. The van der Waals surface area contributed by atoms with E-state index in [0.29, 0.717) is 30.7 Å². The maximum atomic E-state index is 12.6. The van der Waals surface area contributed by atoms with E-state index in [9.17, 15) is 4.79 Å². The van der Waals surface area contributed by atoms with E-state index in [1.54, 1.807) is 22.9 Å². The number of rotatable bonds is 3. The molecule has 32 heavy (non-hydrogen) atoms. The standard InChI is InChI=1S/C25H21N3O4/c29-25-27-23(30-14-19-15-31-24-22(32-19)2-1-10-26-24)13-21-20-8-7-17(6-5-16-3-4-16)12-18(20)9-11-28(21)25/h1-2,7-8,10,12-13,16,19H,3-4,9,11,14-15H2. The summed E-state index contributed by atoms with van der Waals surface area (Å²) >= 11 is 0. The zero-order valence-corrected chi connectivity index (χ0v) is 17.4. The van der Waals surface area contributed by atoms with Crippen molar-refractivity contribution in [2.24, 2.45) is 5.92 Å². The molecule has 7 nitrogen and oxygen atoms in total. The maximum Gasteiger partial charge on any atom is 0.351 e. The fourth-order valence-electron chi connectivity index (χ4n) is 3.99. The number of hydrogen-bond donors (Lipinski definition) is 0. The number of aromatic nitrogens is 3. The van der Waals surface area contributed by atoms with Crippen LogP contribution in [0.1, 0.15) is 24.0 Å². The van der Waals surface area contributed by atoms with E-state index in [1.165, 1.54) is 18.4 Å². The van der Waals surface area contributed by atoms with E-state index in [1.807, 2.05) is 18.2 Å². The van der Waals surface area contributed by atoms with Gasteiger partial charge in [0.15, 0.2) is 11.9 Å². The van der Waals surface area contributed by atoms with Crippen molar-refractivity contribution in [2.45, 2.75) is 31.9 Å². The molecule has 0 N–H and O–H groups in total. The monoisotopic (exact) mass is 427 g/mol. The third-order valence-corrected chi connectivity index (χ3v) is 5.82. The highest BCUT2D eigenvalue weighted by atomic mass is 16.6. The summed E-state index contributed by atoms with van der Waals surface area (Å²) in [6.07, 6.45) is 4.55. The number of ether oxygens (including phenoxy) is 3. The van der Waals surface area contributed by atoms with Crippen molar-refractivity contribution in [3.8, 4) is 40.6 Å². The molecule has 0 spiro atoms. The van der Waals surface area contributed by atoms with Crippen molar-refractivity contribution in [1.82, 2.24) is 14.5 Å². The van der Waals surface area contributed by atoms with Gasteiger partial charge in [-0.1, -0.05) is 17.9 Å². The van der Waals surface area contributed by atoms with Crippen LogP contribution in [-0.4, -0.2) is 33.9 Å². The smallest absolute Gasteiger partial charge is 0.351 e. The van der Waals surface area contributed by atoms with E-state index >= 15 is 0 Å². The summed E-state index contributed by atoms with van der Waals surface area (Å²) in [7, 11) is 0. The summed E-state index contributed by atoms with van der Waals surface area (Å²) in [5, 5.41) is 0. The lowest BCUT2D eigenvalue weighted by Gasteiger charge is -2.25. The zero-order valence-electron chi connectivity index (χ0n) is 17.4. The van der Waals surface area contributed by atoms with E-state index in [4.69, 9.17) is 14.2 Å². The van der Waals surface area contributed by atoms with Gasteiger partial charge in [-0.25, -0.2) is 9.78 Å². The van der Waals surface area contributed by atoms with Crippen LogP contribution in [0.2, 0.25) is 0 Å². The molecule has 4 heterocycles. The second kappa shape index (κ2) is 7.72. The number of benzene rings is 1. The van der Waals surface area contributed by atoms with E-state index in [0.717, 1.165) is 23.2 Å². The highest BCUT2D eigenvalue weighted by molar-refractivity contribution is 5.68. The normalized spacial score (nSPS) is 18.1. The van der Waals surface area contributed by atoms with E-state index < -0.39 is 0 Å². The first-order valence-corrected chi connectivity index (χ1v) is 10.9. The van der Waals surface area contributed by atoms with Gasteiger partial charge >= 0.3 is 5.69 Å². The first kappa shape index (κ1) is 18.9. The Morgan fingerprint density at radius 3 is 3.06 bits per heavy atom.